The van der Waals surface area contributed by atoms with E-state index in [4.69, 9.17) is 4.74 Å². The normalized spacial score (nSPS) is 15.0. The van der Waals surface area contributed by atoms with Crippen molar-refractivity contribution in [3.8, 4) is 0 Å². The Morgan fingerprint density at radius 2 is 2.08 bits per heavy atom. The fraction of sp³-hybridized carbons (Fsp3) is 0.900. The first kappa shape index (κ1) is 13.0. The smallest absolute Gasteiger partial charge is 0.307 e. The van der Waals surface area contributed by atoms with Crippen molar-refractivity contribution in [2.24, 2.45) is 5.92 Å². The maximum Gasteiger partial charge on any atom is 0.307 e. The summed E-state index contributed by atoms with van der Waals surface area (Å²) in [5.41, 5.74) is 0. The summed E-state index contributed by atoms with van der Waals surface area (Å²) in [6, 6.07) is 0. The Kier molecular flexibility index (Phi) is 7.41. The zero-order valence-corrected chi connectivity index (χ0v) is 10.0. The molecule has 0 aromatic heterocycles. The Balaban J connectivity index is 3.84. The minimum Gasteiger partial charge on any atom is -0.481 e. The molecule has 0 fully saturated rings. The van der Waals surface area contributed by atoms with E-state index >= 15 is 0 Å². The summed E-state index contributed by atoms with van der Waals surface area (Å²) < 4.78 is 5.12. The third-order valence-electron chi connectivity index (χ3n) is 2.03. The standard InChI is InChI=1S/C10H19O2.Al/c1-4-7-8-9(5-2)10(11)12-6-3;/h6,9H,4-5,7-8H2,1-3H3;. The zero-order chi connectivity index (χ0) is 10.3. The van der Waals surface area contributed by atoms with Gasteiger partial charge in [-0.15, -0.1) is 0 Å². The Bertz CT molecular complexity index is 146. The van der Waals surface area contributed by atoms with Gasteiger partial charge in [-0.1, -0.05) is 26.7 Å². The molecular formula is C10H19AlO2. The summed E-state index contributed by atoms with van der Waals surface area (Å²) >= 11 is 2.47. The largest absolute Gasteiger partial charge is 0.481 e. The molecule has 0 N–H and O–H groups in total. The van der Waals surface area contributed by atoms with Crippen molar-refractivity contribution in [3.05, 3.63) is 0 Å². The van der Waals surface area contributed by atoms with Gasteiger partial charge in [0.15, 0.2) is 16.3 Å². The maximum atomic E-state index is 11.5. The fourth-order valence-electron chi connectivity index (χ4n) is 1.22. The molecule has 74 valence electrons. The van der Waals surface area contributed by atoms with E-state index in [9.17, 15) is 4.79 Å². The second-order valence-corrected chi connectivity index (χ2v) is 4.33. The zero-order valence-electron chi connectivity index (χ0n) is 8.88. The van der Waals surface area contributed by atoms with Crippen LogP contribution < -0.4 is 0 Å². The van der Waals surface area contributed by atoms with Crippen LogP contribution in [0.25, 0.3) is 0 Å². The lowest BCUT2D eigenvalue weighted by Gasteiger charge is -2.16. The predicted octanol–water partition coefficient (Wildman–Crippen LogP) is 2.26. The van der Waals surface area contributed by atoms with Gasteiger partial charge < -0.3 is 4.74 Å². The van der Waals surface area contributed by atoms with Crippen LogP contribution in [0.3, 0.4) is 0 Å². The number of hydrogen-bond acceptors (Lipinski definition) is 2. The van der Waals surface area contributed by atoms with E-state index in [0.717, 1.165) is 25.7 Å². The number of unbranched alkanes of at least 4 members (excludes halogenated alkanes) is 1. The molecule has 0 amide bonds. The van der Waals surface area contributed by atoms with Crippen molar-refractivity contribution in [3.63, 3.8) is 0 Å². The summed E-state index contributed by atoms with van der Waals surface area (Å²) in [5.74, 6) is 0.0569. The summed E-state index contributed by atoms with van der Waals surface area (Å²) in [4.78, 5) is 11.4. The molecule has 0 spiro atoms. The SMILES string of the molecule is CCCCC(CC)C(=O)O[CH](C)[Al]. The van der Waals surface area contributed by atoms with Gasteiger partial charge in [-0.25, -0.2) is 0 Å². The van der Waals surface area contributed by atoms with Crippen molar-refractivity contribution in [1.82, 2.24) is 0 Å². The lowest BCUT2D eigenvalue weighted by molar-refractivity contribution is -0.150. The molecule has 0 aromatic carbocycles. The number of esters is 1. The summed E-state index contributed by atoms with van der Waals surface area (Å²) in [5, 5.41) is 0. The summed E-state index contributed by atoms with van der Waals surface area (Å²) in [6.45, 7) is 6.03. The van der Waals surface area contributed by atoms with Crippen molar-refractivity contribution in [1.29, 1.82) is 0 Å². The molecule has 0 aliphatic carbocycles. The van der Waals surface area contributed by atoms with E-state index in [-0.39, 0.29) is 16.9 Å². The first-order valence-corrected chi connectivity index (χ1v) is 5.74. The van der Waals surface area contributed by atoms with Gasteiger partial charge in [0.2, 0.25) is 0 Å². The second-order valence-electron chi connectivity index (χ2n) is 3.39. The first-order chi connectivity index (χ1) is 6.11. The van der Waals surface area contributed by atoms with Crippen LogP contribution in [0, 0.1) is 5.92 Å². The van der Waals surface area contributed by atoms with E-state index in [2.05, 4.69) is 23.2 Å². The van der Waals surface area contributed by atoms with Gasteiger partial charge in [-0.05, 0) is 19.8 Å². The Labute approximate surface area is 89.5 Å². The highest BCUT2D eigenvalue weighted by Gasteiger charge is 2.17. The van der Waals surface area contributed by atoms with Crippen molar-refractivity contribution in [2.45, 2.75) is 51.4 Å². The van der Waals surface area contributed by atoms with Crippen LogP contribution in [-0.4, -0.2) is 27.2 Å². The number of carbonyl (C=O) groups is 1. The fourth-order valence-corrected chi connectivity index (χ4v) is 1.35. The van der Waals surface area contributed by atoms with Crippen LogP contribution >= 0.6 is 0 Å². The number of hydrogen-bond donors (Lipinski definition) is 0. The average molecular weight is 198 g/mol. The van der Waals surface area contributed by atoms with Gasteiger partial charge >= 0.3 is 5.97 Å². The van der Waals surface area contributed by atoms with Crippen LogP contribution in [0.2, 0.25) is 0 Å². The monoisotopic (exact) mass is 198 g/mol. The minimum absolute atomic E-state index is 0.0431. The molecule has 2 unspecified atom stereocenters. The molecule has 0 rings (SSSR count). The summed E-state index contributed by atoms with van der Waals surface area (Å²) in [6.07, 6.45) is 4.10. The second kappa shape index (κ2) is 7.41. The average Bonchev–Trinajstić information content (AvgIpc) is 2.04. The van der Waals surface area contributed by atoms with Gasteiger partial charge in [0.1, 0.15) is 0 Å². The highest BCUT2D eigenvalue weighted by molar-refractivity contribution is 6.11. The Morgan fingerprint density at radius 3 is 2.46 bits per heavy atom. The maximum absolute atomic E-state index is 11.5. The van der Waals surface area contributed by atoms with Gasteiger partial charge in [-0.2, -0.15) is 0 Å². The van der Waals surface area contributed by atoms with Crippen molar-refractivity contribution < 1.29 is 9.53 Å². The molecular weight excluding hydrogens is 179 g/mol. The van der Waals surface area contributed by atoms with Gasteiger partial charge in [0.05, 0.1) is 5.92 Å². The van der Waals surface area contributed by atoms with Gasteiger partial charge in [0, 0.05) is 4.97 Å². The van der Waals surface area contributed by atoms with Crippen LogP contribution in [0.4, 0.5) is 0 Å². The number of ether oxygens (including phenoxy) is 1. The van der Waals surface area contributed by atoms with E-state index in [0.29, 0.717) is 0 Å². The van der Waals surface area contributed by atoms with Gasteiger partial charge in [0.25, 0.3) is 0 Å². The molecule has 0 bridgehead atoms. The van der Waals surface area contributed by atoms with Crippen LogP contribution in [0.15, 0.2) is 0 Å². The third kappa shape index (κ3) is 6.12. The number of rotatable bonds is 6. The number of carbonyl (C=O) groups excluding carboxylic acids is 1. The topological polar surface area (TPSA) is 26.3 Å². The van der Waals surface area contributed by atoms with E-state index in [1.807, 2.05) is 13.8 Å². The molecule has 0 heterocycles. The molecule has 2 nitrogen and oxygen atoms in total. The quantitative estimate of drug-likeness (QED) is 0.483. The lowest BCUT2D eigenvalue weighted by Crippen LogP contribution is -2.22. The molecule has 2 atom stereocenters. The van der Waals surface area contributed by atoms with Gasteiger partial charge in [-0.3, -0.25) is 4.79 Å². The molecule has 0 aromatic rings. The highest BCUT2D eigenvalue weighted by atomic mass is 27.0. The van der Waals surface area contributed by atoms with E-state index < -0.39 is 0 Å². The first-order valence-electron chi connectivity index (χ1n) is 5.07. The Hall–Kier alpha value is 0.00247. The highest BCUT2D eigenvalue weighted by Crippen LogP contribution is 2.14. The predicted molar refractivity (Wildman–Crippen MR) is 54.6 cm³/mol. The molecule has 0 aliphatic rings. The van der Waals surface area contributed by atoms with Crippen molar-refractivity contribution >= 4 is 22.3 Å². The molecule has 0 saturated carbocycles. The third-order valence-corrected chi connectivity index (χ3v) is 2.17. The van der Waals surface area contributed by atoms with Crippen LogP contribution in [0.5, 0.6) is 0 Å². The minimum atomic E-state index is -0.0665. The molecule has 0 saturated heterocycles. The molecule has 13 heavy (non-hydrogen) atoms. The van der Waals surface area contributed by atoms with Crippen LogP contribution in [0.1, 0.15) is 46.5 Å². The molecule has 2 radical (unpaired) electrons. The van der Waals surface area contributed by atoms with E-state index in [1.165, 1.54) is 0 Å². The molecule has 0 aliphatic heterocycles. The molecule has 3 heteroatoms. The van der Waals surface area contributed by atoms with E-state index in [1.54, 1.807) is 0 Å². The van der Waals surface area contributed by atoms with Crippen LogP contribution in [-0.2, 0) is 9.53 Å². The van der Waals surface area contributed by atoms with Crippen molar-refractivity contribution in [2.75, 3.05) is 0 Å². The lowest BCUT2D eigenvalue weighted by atomic mass is 10.00. The summed E-state index contributed by atoms with van der Waals surface area (Å²) in [7, 11) is 0. The Morgan fingerprint density at radius 1 is 1.46 bits per heavy atom.